The number of nitrogens with one attached hydrogen (secondary N) is 1. The maximum atomic E-state index is 13.2. The molecule has 1 N–H and O–H groups in total. The van der Waals surface area contributed by atoms with Gasteiger partial charge in [0.1, 0.15) is 0 Å². The number of hydrogen-bond acceptors (Lipinski definition) is 1. The first-order valence-electron chi connectivity index (χ1n) is 7.43. The lowest BCUT2D eigenvalue weighted by Gasteiger charge is -2.24. The Kier molecular flexibility index (Phi) is 3.53. The molecule has 2 aliphatic carbocycles. The van der Waals surface area contributed by atoms with Gasteiger partial charge in [0.15, 0.2) is 0 Å². The van der Waals surface area contributed by atoms with Crippen molar-refractivity contribution in [3.8, 4) is 0 Å². The van der Waals surface area contributed by atoms with Gasteiger partial charge in [-0.1, -0.05) is 31.5 Å². The van der Waals surface area contributed by atoms with Crippen molar-refractivity contribution >= 4 is 0 Å². The predicted octanol–water partition coefficient (Wildman–Crippen LogP) is 4.40. The van der Waals surface area contributed by atoms with Gasteiger partial charge in [0.2, 0.25) is 0 Å². The van der Waals surface area contributed by atoms with Crippen LogP contribution in [0.15, 0.2) is 24.3 Å². The molecule has 4 heteroatoms. The monoisotopic (exact) mass is 283 g/mol. The van der Waals surface area contributed by atoms with Gasteiger partial charge in [-0.2, -0.15) is 13.2 Å². The molecule has 0 saturated heterocycles. The fourth-order valence-corrected chi connectivity index (χ4v) is 4.07. The molecule has 20 heavy (non-hydrogen) atoms. The molecule has 0 aromatic heterocycles. The van der Waals surface area contributed by atoms with Crippen molar-refractivity contribution in [2.75, 3.05) is 6.54 Å². The van der Waals surface area contributed by atoms with Crippen molar-refractivity contribution in [3.05, 3.63) is 35.4 Å². The highest BCUT2D eigenvalue weighted by atomic mass is 19.4. The summed E-state index contributed by atoms with van der Waals surface area (Å²) in [5.41, 5.74) is -0.0443. The number of halogens is 3. The van der Waals surface area contributed by atoms with Crippen LogP contribution in [0, 0.1) is 17.8 Å². The highest BCUT2D eigenvalue weighted by Crippen LogP contribution is 2.62. The van der Waals surface area contributed by atoms with Crippen LogP contribution in [0.2, 0.25) is 0 Å². The Morgan fingerprint density at radius 2 is 1.85 bits per heavy atom. The summed E-state index contributed by atoms with van der Waals surface area (Å²) in [6, 6.07) is 5.89. The second-order valence-electron chi connectivity index (χ2n) is 5.96. The molecule has 0 heterocycles. The smallest absolute Gasteiger partial charge is 0.310 e. The molecular formula is C16H20F3N. The Hall–Kier alpha value is -1.03. The molecule has 0 bridgehead atoms. The molecule has 0 aliphatic heterocycles. The Labute approximate surface area is 117 Å². The first kappa shape index (κ1) is 13.9. The fourth-order valence-electron chi connectivity index (χ4n) is 4.07. The fraction of sp³-hybridized carbons (Fsp3) is 0.625. The summed E-state index contributed by atoms with van der Waals surface area (Å²) < 4.78 is 39.6. The van der Waals surface area contributed by atoms with Gasteiger partial charge in [-0.15, -0.1) is 0 Å². The van der Waals surface area contributed by atoms with Crippen LogP contribution in [-0.4, -0.2) is 6.54 Å². The van der Waals surface area contributed by atoms with Crippen molar-refractivity contribution in [1.82, 2.24) is 5.32 Å². The standard InChI is InChI=1S/C16H20F3N/c1-2-20-15(14-10-7-5-8-11(10)14)12-6-3-4-9-13(12)16(17,18)19/h3-4,6,9-11,14-15,20H,2,5,7-8H2,1H3. The van der Waals surface area contributed by atoms with Crippen LogP contribution in [0.4, 0.5) is 13.2 Å². The third kappa shape index (κ3) is 2.34. The van der Waals surface area contributed by atoms with Crippen molar-refractivity contribution in [2.24, 2.45) is 17.8 Å². The topological polar surface area (TPSA) is 12.0 Å². The van der Waals surface area contributed by atoms with Crippen molar-refractivity contribution < 1.29 is 13.2 Å². The van der Waals surface area contributed by atoms with Crippen LogP contribution in [-0.2, 0) is 6.18 Å². The van der Waals surface area contributed by atoms with E-state index in [1.807, 2.05) is 6.92 Å². The molecule has 1 nitrogen and oxygen atoms in total. The van der Waals surface area contributed by atoms with Crippen molar-refractivity contribution in [3.63, 3.8) is 0 Å². The van der Waals surface area contributed by atoms with Crippen LogP contribution < -0.4 is 5.32 Å². The molecule has 1 aromatic rings. The summed E-state index contributed by atoms with van der Waals surface area (Å²) >= 11 is 0. The Bertz CT molecular complexity index is 473. The maximum Gasteiger partial charge on any atom is 0.416 e. The molecule has 2 aliphatic rings. The summed E-state index contributed by atoms with van der Waals surface area (Å²) in [7, 11) is 0. The van der Waals surface area contributed by atoms with Crippen LogP contribution in [0.25, 0.3) is 0 Å². The van der Waals surface area contributed by atoms with Gasteiger partial charge in [-0.05, 0) is 48.8 Å². The molecular weight excluding hydrogens is 263 g/mol. The van der Waals surface area contributed by atoms with Gasteiger partial charge in [-0.3, -0.25) is 0 Å². The number of alkyl halides is 3. The van der Waals surface area contributed by atoms with Gasteiger partial charge >= 0.3 is 6.18 Å². The number of fused-ring (bicyclic) bond motifs is 1. The average molecular weight is 283 g/mol. The first-order chi connectivity index (χ1) is 9.54. The molecule has 2 fully saturated rings. The van der Waals surface area contributed by atoms with Gasteiger partial charge in [-0.25, -0.2) is 0 Å². The quantitative estimate of drug-likeness (QED) is 0.863. The molecule has 0 spiro atoms. The van der Waals surface area contributed by atoms with Gasteiger partial charge in [0.05, 0.1) is 5.56 Å². The van der Waals surface area contributed by atoms with E-state index in [1.54, 1.807) is 12.1 Å². The van der Waals surface area contributed by atoms with E-state index in [2.05, 4.69) is 5.32 Å². The maximum absolute atomic E-state index is 13.2. The summed E-state index contributed by atoms with van der Waals surface area (Å²) in [6.07, 6.45) is -0.656. The van der Waals surface area contributed by atoms with Crippen LogP contribution in [0.1, 0.15) is 43.4 Å². The van der Waals surface area contributed by atoms with E-state index in [4.69, 9.17) is 0 Å². The van der Waals surface area contributed by atoms with Gasteiger partial charge in [0.25, 0.3) is 0 Å². The number of rotatable bonds is 4. The molecule has 3 unspecified atom stereocenters. The third-order valence-electron chi connectivity index (χ3n) is 4.88. The van der Waals surface area contributed by atoms with E-state index < -0.39 is 11.7 Å². The molecule has 2 saturated carbocycles. The first-order valence-corrected chi connectivity index (χ1v) is 7.43. The molecule has 3 rings (SSSR count). The zero-order valence-corrected chi connectivity index (χ0v) is 11.6. The van der Waals surface area contributed by atoms with Crippen molar-refractivity contribution in [1.29, 1.82) is 0 Å². The van der Waals surface area contributed by atoms with Crippen LogP contribution >= 0.6 is 0 Å². The third-order valence-corrected chi connectivity index (χ3v) is 4.88. The Morgan fingerprint density at radius 3 is 2.45 bits per heavy atom. The van der Waals surface area contributed by atoms with Crippen LogP contribution in [0.3, 0.4) is 0 Å². The van der Waals surface area contributed by atoms with Crippen molar-refractivity contribution in [2.45, 2.75) is 38.4 Å². The van der Waals surface area contributed by atoms with E-state index in [9.17, 15) is 13.2 Å². The lowest BCUT2D eigenvalue weighted by atomic mass is 9.92. The second-order valence-corrected chi connectivity index (χ2v) is 5.96. The van der Waals surface area contributed by atoms with Gasteiger partial charge in [0, 0.05) is 6.04 Å². The Morgan fingerprint density at radius 1 is 1.20 bits per heavy atom. The van der Waals surface area contributed by atoms with Gasteiger partial charge < -0.3 is 5.32 Å². The Balaban J connectivity index is 1.92. The summed E-state index contributed by atoms with van der Waals surface area (Å²) in [6.45, 7) is 2.66. The normalized spacial score (nSPS) is 30.1. The van der Waals surface area contributed by atoms with E-state index in [-0.39, 0.29) is 6.04 Å². The molecule has 3 atom stereocenters. The van der Waals surface area contributed by atoms with E-state index in [0.717, 1.165) is 0 Å². The molecule has 0 radical (unpaired) electrons. The minimum Gasteiger partial charge on any atom is -0.310 e. The van der Waals surface area contributed by atoms with E-state index in [0.29, 0.717) is 29.9 Å². The SMILES string of the molecule is CCNC(c1ccccc1C(F)(F)F)C1C2CCCC21. The zero-order chi connectivity index (χ0) is 14.3. The average Bonchev–Trinajstić information content (AvgIpc) is 2.87. The summed E-state index contributed by atoms with van der Waals surface area (Å²) in [5, 5.41) is 3.30. The second kappa shape index (κ2) is 5.06. The lowest BCUT2D eigenvalue weighted by Crippen LogP contribution is -2.27. The number of hydrogen-bond donors (Lipinski definition) is 1. The number of benzene rings is 1. The lowest BCUT2D eigenvalue weighted by molar-refractivity contribution is -0.138. The summed E-state index contributed by atoms with van der Waals surface area (Å²) in [4.78, 5) is 0. The van der Waals surface area contributed by atoms with Crippen LogP contribution in [0.5, 0.6) is 0 Å². The largest absolute Gasteiger partial charge is 0.416 e. The zero-order valence-electron chi connectivity index (χ0n) is 11.6. The minimum absolute atomic E-state index is 0.145. The predicted molar refractivity (Wildman–Crippen MR) is 72.2 cm³/mol. The minimum atomic E-state index is -4.27. The highest BCUT2D eigenvalue weighted by molar-refractivity contribution is 5.34. The summed E-state index contributed by atoms with van der Waals surface area (Å²) in [5.74, 6) is 1.67. The molecule has 110 valence electrons. The van der Waals surface area contributed by atoms with E-state index in [1.165, 1.54) is 31.4 Å². The molecule has 0 amide bonds. The van der Waals surface area contributed by atoms with E-state index >= 15 is 0 Å². The molecule has 1 aromatic carbocycles. The highest BCUT2D eigenvalue weighted by Gasteiger charge is 2.56.